The molecule has 8 nitrogen and oxygen atoms in total. The van der Waals surface area contributed by atoms with Gasteiger partial charge in [-0.25, -0.2) is 9.97 Å². The number of likely N-dealkylation sites (N-methyl/N-ethyl adjacent to an activating group) is 1. The van der Waals surface area contributed by atoms with E-state index < -0.39 is 0 Å². The molecule has 3 rings (SSSR count). The maximum Gasteiger partial charge on any atom is 0.241 e. The molecule has 8 heteroatoms. The number of aromatic nitrogens is 2. The minimum Gasteiger partial charge on any atom is -0.392 e. The first-order valence-electron chi connectivity index (χ1n) is 9.85. The van der Waals surface area contributed by atoms with Crippen molar-refractivity contribution in [2.75, 3.05) is 69.7 Å². The van der Waals surface area contributed by atoms with Gasteiger partial charge >= 0.3 is 0 Å². The van der Waals surface area contributed by atoms with Crippen LogP contribution in [0.4, 0.5) is 11.6 Å². The number of aliphatic hydroxyl groups is 1. The third kappa shape index (κ3) is 5.29. The number of rotatable bonds is 6. The minimum atomic E-state index is -0.259. The molecule has 27 heavy (non-hydrogen) atoms. The van der Waals surface area contributed by atoms with E-state index in [1.54, 1.807) is 11.2 Å². The lowest BCUT2D eigenvalue weighted by Gasteiger charge is -2.35. The summed E-state index contributed by atoms with van der Waals surface area (Å²) >= 11 is 0. The zero-order chi connectivity index (χ0) is 19.4. The van der Waals surface area contributed by atoms with Gasteiger partial charge in [0.2, 0.25) is 5.91 Å². The van der Waals surface area contributed by atoms with E-state index in [4.69, 9.17) is 0 Å². The molecule has 3 heterocycles. The predicted octanol–water partition coefficient (Wildman–Crippen LogP) is 0.284. The number of hydrogen-bond donors (Lipinski definition) is 1. The Hall–Kier alpha value is -1.93. The topological polar surface area (TPSA) is 76.0 Å². The summed E-state index contributed by atoms with van der Waals surface area (Å²) in [5.41, 5.74) is 0. The number of amides is 1. The van der Waals surface area contributed by atoms with Gasteiger partial charge in [-0.3, -0.25) is 4.79 Å². The van der Waals surface area contributed by atoms with E-state index in [0.29, 0.717) is 12.5 Å². The molecular formula is C19H32N6O2. The van der Waals surface area contributed by atoms with Crippen LogP contribution in [0.1, 0.15) is 19.8 Å². The molecule has 0 spiro atoms. The maximum absolute atomic E-state index is 12.0. The van der Waals surface area contributed by atoms with Gasteiger partial charge in [0, 0.05) is 46.3 Å². The largest absolute Gasteiger partial charge is 0.392 e. The molecule has 0 radical (unpaired) electrons. The van der Waals surface area contributed by atoms with E-state index in [0.717, 1.165) is 63.7 Å². The average Bonchev–Trinajstić information content (AvgIpc) is 2.65. The van der Waals surface area contributed by atoms with E-state index in [1.807, 2.05) is 24.9 Å². The molecule has 2 aliphatic heterocycles. The minimum absolute atomic E-state index is 0.124. The van der Waals surface area contributed by atoms with Crippen LogP contribution in [0, 0.1) is 5.92 Å². The van der Waals surface area contributed by atoms with Crippen molar-refractivity contribution < 1.29 is 9.90 Å². The third-order valence-electron chi connectivity index (χ3n) is 5.57. The van der Waals surface area contributed by atoms with Gasteiger partial charge in [0.1, 0.15) is 18.0 Å². The lowest BCUT2D eigenvalue weighted by molar-refractivity contribution is -0.129. The Morgan fingerprint density at radius 3 is 2.67 bits per heavy atom. The molecule has 150 valence electrons. The fourth-order valence-electron chi connectivity index (χ4n) is 3.88. The molecule has 2 aliphatic rings. The number of nitrogens with zero attached hydrogens (tertiary/aromatic N) is 6. The van der Waals surface area contributed by atoms with Gasteiger partial charge in [0.25, 0.3) is 0 Å². The Morgan fingerprint density at radius 2 is 2.00 bits per heavy atom. The van der Waals surface area contributed by atoms with E-state index >= 15 is 0 Å². The molecular weight excluding hydrogens is 344 g/mol. The molecule has 0 aromatic carbocycles. The quantitative estimate of drug-likeness (QED) is 0.764. The number of aliphatic hydroxyl groups excluding tert-OH is 1. The monoisotopic (exact) mass is 376 g/mol. The molecule has 0 aliphatic carbocycles. The van der Waals surface area contributed by atoms with Crippen LogP contribution in [0.3, 0.4) is 0 Å². The van der Waals surface area contributed by atoms with Crippen LogP contribution in [0.15, 0.2) is 12.4 Å². The van der Waals surface area contributed by atoms with Gasteiger partial charge < -0.3 is 24.7 Å². The number of hydrogen-bond acceptors (Lipinski definition) is 7. The second-order valence-electron chi connectivity index (χ2n) is 7.94. The second kappa shape index (κ2) is 8.84. The first-order chi connectivity index (χ1) is 12.9. The van der Waals surface area contributed by atoms with Crippen LogP contribution in [0.2, 0.25) is 0 Å². The molecule has 0 saturated carbocycles. The van der Waals surface area contributed by atoms with E-state index in [2.05, 4.69) is 26.8 Å². The standard InChI is InChI=1S/C19H32N6O2/c1-15(26)11-24-6-4-16(5-7-24)12-23(3)17-10-18(21-14-20-17)25-9-8-22(2)19(27)13-25/h10,14-16,26H,4-9,11-13H2,1-3H3. The van der Waals surface area contributed by atoms with Crippen molar-refractivity contribution in [3.63, 3.8) is 0 Å². The zero-order valence-corrected chi connectivity index (χ0v) is 16.7. The Kier molecular flexibility index (Phi) is 6.49. The molecule has 2 saturated heterocycles. The summed E-state index contributed by atoms with van der Waals surface area (Å²) in [6, 6.07) is 1.99. The molecule has 1 aromatic rings. The molecule has 1 unspecified atom stereocenters. The molecule has 2 fully saturated rings. The van der Waals surface area contributed by atoms with Crippen LogP contribution in [-0.4, -0.2) is 96.8 Å². The fraction of sp³-hybridized carbons (Fsp3) is 0.737. The van der Waals surface area contributed by atoms with Gasteiger partial charge in [0.05, 0.1) is 12.6 Å². The van der Waals surface area contributed by atoms with Gasteiger partial charge in [-0.15, -0.1) is 0 Å². The average molecular weight is 377 g/mol. The highest BCUT2D eigenvalue weighted by atomic mass is 16.3. The van der Waals surface area contributed by atoms with E-state index in [1.165, 1.54) is 0 Å². The lowest BCUT2D eigenvalue weighted by atomic mass is 9.96. The third-order valence-corrected chi connectivity index (χ3v) is 5.57. The van der Waals surface area contributed by atoms with E-state index in [9.17, 15) is 9.90 Å². The zero-order valence-electron chi connectivity index (χ0n) is 16.7. The Balaban J connectivity index is 1.55. The molecule has 1 aromatic heterocycles. The first kappa shape index (κ1) is 19.8. The summed E-state index contributed by atoms with van der Waals surface area (Å²) < 4.78 is 0. The lowest BCUT2D eigenvalue weighted by Crippen LogP contribution is -2.48. The number of piperidine rings is 1. The van der Waals surface area contributed by atoms with Gasteiger partial charge in [-0.1, -0.05) is 0 Å². The summed E-state index contributed by atoms with van der Waals surface area (Å²) in [4.78, 5) is 29.1. The number of β-amino-alcohol motifs (C(OH)–C–C–N with tert-alkyl or cyclic N) is 1. The van der Waals surface area contributed by atoms with Crippen molar-refractivity contribution in [2.45, 2.75) is 25.9 Å². The molecule has 0 bridgehead atoms. The SMILES string of the molecule is CC(O)CN1CCC(CN(C)c2cc(N3CCN(C)C(=O)C3)ncn2)CC1. The van der Waals surface area contributed by atoms with Crippen LogP contribution >= 0.6 is 0 Å². The number of carbonyl (C=O) groups is 1. The summed E-state index contributed by atoms with van der Waals surface area (Å²) in [6.45, 7) is 7.55. The predicted molar refractivity (Wildman–Crippen MR) is 106 cm³/mol. The molecule has 1 N–H and O–H groups in total. The Morgan fingerprint density at radius 1 is 1.26 bits per heavy atom. The van der Waals surface area contributed by atoms with Crippen molar-refractivity contribution in [3.8, 4) is 0 Å². The number of anilines is 2. The first-order valence-corrected chi connectivity index (χ1v) is 9.85. The number of likely N-dealkylation sites (tertiary alicyclic amines) is 1. The summed E-state index contributed by atoms with van der Waals surface area (Å²) in [7, 11) is 3.91. The highest BCUT2D eigenvalue weighted by Crippen LogP contribution is 2.22. The molecule has 1 atom stereocenters. The normalized spacial score (nSPS) is 20.8. The smallest absolute Gasteiger partial charge is 0.241 e. The summed E-state index contributed by atoms with van der Waals surface area (Å²) in [5, 5.41) is 9.54. The van der Waals surface area contributed by atoms with Crippen LogP contribution in [0.5, 0.6) is 0 Å². The summed E-state index contributed by atoms with van der Waals surface area (Å²) in [6.07, 6.45) is 3.61. The van der Waals surface area contributed by atoms with Crippen molar-refractivity contribution in [3.05, 3.63) is 12.4 Å². The Bertz CT molecular complexity index is 632. The van der Waals surface area contributed by atoms with Crippen molar-refractivity contribution in [1.82, 2.24) is 19.8 Å². The van der Waals surface area contributed by atoms with Gasteiger partial charge in [-0.2, -0.15) is 0 Å². The highest BCUT2D eigenvalue weighted by molar-refractivity contribution is 5.82. The van der Waals surface area contributed by atoms with Crippen LogP contribution in [0.25, 0.3) is 0 Å². The highest BCUT2D eigenvalue weighted by Gasteiger charge is 2.24. The maximum atomic E-state index is 12.0. The molecule has 1 amide bonds. The van der Waals surface area contributed by atoms with Crippen molar-refractivity contribution in [2.24, 2.45) is 5.92 Å². The van der Waals surface area contributed by atoms with E-state index in [-0.39, 0.29) is 12.0 Å². The number of carbonyl (C=O) groups excluding carboxylic acids is 1. The van der Waals surface area contributed by atoms with Gasteiger partial charge in [0.15, 0.2) is 0 Å². The van der Waals surface area contributed by atoms with Gasteiger partial charge in [-0.05, 0) is 38.8 Å². The Labute approximate surface area is 161 Å². The van der Waals surface area contributed by atoms with Crippen LogP contribution < -0.4 is 9.80 Å². The van der Waals surface area contributed by atoms with Crippen molar-refractivity contribution >= 4 is 17.5 Å². The van der Waals surface area contributed by atoms with Crippen LogP contribution in [-0.2, 0) is 4.79 Å². The van der Waals surface area contributed by atoms with Crippen molar-refractivity contribution in [1.29, 1.82) is 0 Å². The number of piperazine rings is 1. The second-order valence-corrected chi connectivity index (χ2v) is 7.94. The fourth-order valence-corrected chi connectivity index (χ4v) is 3.88. The summed E-state index contributed by atoms with van der Waals surface area (Å²) in [5.74, 6) is 2.47.